The monoisotopic (exact) mass is 352 g/mol. The van der Waals surface area contributed by atoms with Gasteiger partial charge in [-0.05, 0) is 19.9 Å². The standard InChI is InChI=1S/C21H20O5/c1-13(2)9-10-25-18-12-17-19(20(23)21(18)24-3)15(22)11-16(26-17)14-7-5-4-6-8-14/h4-9,11-12,23H,10H2,1-3H3. The fourth-order valence-corrected chi connectivity index (χ4v) is 2.61. The summed E-state index contributed by atoms with van der Waals surface area (Å²) in [4.78, 5) is 12.6. The molecule has 2 aromatic carbocycles. The van der Waals surface area contributed by atoms with Gasteiger partial charge >= 0.3 is 0 Å². The number of fused-ring (bicyclic) bond motifs is 1. The van der Waals surface area contributed by atoms with Crippen LogP contribution in [-0.2, 0) is 0 Å². The molecule has 3 aromatic rings. The van der Waals surface area contributed by atoms with Gasteiger partial charge in [-0.1, -0.05) is 35.9 Å². The molecule has 0 unspecified atom stereocenters. The number of rotatable bonds is 5. The average molecular weight is 352 g/mol. The van der Waals surface area contributed by atoms with Gasteiger partial charge in [0, 0.05) is 17.7 Å². The molecular weight excluding hydrogens is 332 g/mol. The molecule has 0 fully saturated rings. The molecule has 1 heterocycles. The van der Waals surface area contributed by atoms with Gasteiger partial charge in [-0.2, -0.15) is 0 Å². The van der Waals surface area contributed by atoms with Crippen molar-refractivity contribution in [3.63, 3.8) is 0 Å². The topological polar surface area (TPSA) is 68.9 Å². The zero-order valence-corrected chi connectivity index (χ0v) is 14.9. The first-order valence-corrected chi connectivity index (χ1v) is 8.20. The molecule has 134 valence electrons. The second kappa shape index (κ2) is 7.35. The number of hydrogen-bond donors (Lipinski definition) is 1. The molecule has 0 aliphatic carbocycles. The molecule has 0 aliphatic rings. The van der Waals surface area contributed by atoms with Crippen molar-refractivity contribution < 1.29 is 19.0 Å². The molecule has 0 spiro atoms. The highest BCUT2D eigenvalue weighted by Crippen LogP contribution is 2.42. The van der Waals surface area contributed by atoms with Crippen LogP contribution >= 0.6 is 0 Å². The van der Waals surface area contributed by atoms with Crippen LogP contribution in [0.1, 0.15) is 13.8 Å². The Morgan fingerprint density at radius 1 is 1.19 bits per heavy atom. The van der Waals surface area contributed by atoms with Crippen LogP contribution in [0.2, 0.25) is 0 Å². The molecule has 0 aliphatic heterocycles. The summed E-state index contributed by atoms with van der Waals surface area (Å²) in [7, 11) is 1.41. The highest BCUT2D eigenvalue weighted by atomic mass is 16.5. The number of benzene rings is 2. The van der Waals surface area contributed by atoms with Crippen molar-refractivity contribution in [2.24, 2.45) is 0 Å². The SMILES string of the molecule is COc1c(OCC=C(C)C)cc2oc(-c3ccccc3)cc(=O)c2c1O. The van der Waals surface area contributed by atoms with Gasteiger partial charge in [-0.25, -0.2) is 0 Å². The third-order valence-electron chi connectivity index (χ3n) is 3.91. The number of ether oxygens (including phenoxy) is 2. The van der Waals surface area contributed by atoms with Gasteiger partial charge in [-0.15, -0.1) is 0 Å². The quantitative estimate of drug-likeness (QED) is 0.684. The van der Waals surface area contributed by atoms with Crippen LogP contribution in [0.15, 0.2) is 63.3 Å². The largest absolute Gasteiger partial charge is 0.504 e. The van der Waals surface area contributed by atoms with E-state index in [2.05, 4.69) is 0 Å². The number of hydrogen-bond acceptors (Lipinski definition) is 5. The smallest absolute Gasteiger partial charge is 0.204 e. The van der Waals surface area contributed by atoms with Crippen LogP contribution in [0.5, 0.6) is 17.2 Å². The maximum atomic E-state index is 12.6. The molecule has 5 nitrogen and oxygen atoms in total. The number of phenols is 1. The third-order valence-corrected chi connectivity index (χ3v) is 3.91. The molecular formula is C21H20O5. The van der Waals surface area contributed by atoms with Crippen molar-refractivity contribution in [3.05, 3.63) is 64.3 Å². The van der Waals surface area contributed by atoms with E-state index in [1.807, 2.05) is 50.3 Å². The zero-order chi connectivity index (χ0) is 18.7. The Morgan fingerprint density at radius 2 is 1.92 bits per heavy atom. The summed E-state index contributed by atoms with van der Waals surface area (Å²) in [6.07, 6.45) is 1.90. The Balaban J connectivity index is 2.17. The summed E-state index contributed by atoms with van der Waals surface area (Å²) in [6, 6.07) is 12.2. The molecule has 3 rings (SSSR count). The van der Waals surface area contributed by atoms with E-state index in [0.717, 1.165) is 11.1 Å². The number of methoxy groups -OCH3 is 1. The predicted molar refractivity (Wildman–Crippen MR) is 101 cm³/mol. The lowest BCUT2D eigenvalue weighted by atomic mass is 10.1. The molecule has 0 radical (unpaired) electrons. The van der Waals surface area contributed by atoms with Crippen LogP contribution in [0.3, 0.4) is 0 Å². The van der Waals surface area contributed by atoms with Gasteiger partial charge in [0.15, 0.2) is 16.9 Å². The summed E-state index contributed by atoms with van der Waals surface area (Å²) in [6.45, 7) is 4.24. The molecule has 5 heteroatoms. The second-order valence-corrected chi connectivity index (χ2v) is 6.06. The second-order valence-electron chi connectivity index (χ2n) is 6.06. The molecule has 0 bridgehead atoms. The van der Waals surface area contributed by atoms with Gasteiger partial charge in [0.2, 0.25) is 5.75 Å². The summed E-state index contributed by atoms with van der Waals surface area (Å²) >= 11 is 0. The normalized spacial score (nSPS) is 10.6. The lowest BCUT2D eigenvalue weighted by Gasteiger charge is -2.13. The summed E-state index contributed by atoms with van der Waals surface area (Å²) in [5.74, 6) is 0.552. The van der Waals surface area contributed by atoms with Crippen molar-refractivity contribution in [2.75, 3.05) is 13.7 Å². The fourth-order valence-electron chi connectivity index (χ4n) is 2.61. The lowest BCUT2D eigenvalue weighted by Crippen LogP contribution is -2.04. The minimum absolute atomic E-state index is 0.0658. The van der Waals surface area contributed by atoms with Crippen LogP contribution in [0.25, 0.3) is 22.3 Å². The molecule has 0 saturated heterocycles. The van der Waals surface area contributed by atoms with Crippen LogP contribution < -0.4 is 14.9 Å². The third kappa shape index (κ3) is 3.42. The van der Waals surface area contributed by atoms with E-state index in [9.17, 15) is 9.90 Å². The van der Waals surface area contributed by atoms with Gasteiger partial charge in [-0.3, -0.25) is 4.79 Å². The Morgan fingerprint density at radius 3 is 2.58 bits per heavy atom. The van der Waals surface area contributed by atoms with Crippen molar-refractivity contribution in [2.45, 2.75) is 13.8 Å². The van der Waals surface area contributed by atoms with Crippen LogP contribution in [0.4, 0.5) is 0 Å². The minimum atomic E-state index is -0.350. The first-order chi connectivity index (χ1) is 12.5. The Labute approximate surface area is 151 Å². The zero-order valence-electron chi connectivity index (χ0n) is 14.9. The first kappa shape index (κ1) is 17.6. The van der Waals surface area contributed by atoms with E-state index in [-0.39, 0.29) is 27.9 Å². The van der Waals surface area contributed by atoms with Crippen molar-refractivity contribution in [1.82, 2.24) is 0 Å². The van der Waals surface area contributed by atoms with E-state index in [1.165, 1.54) is 13.2 Å². The van der Waals surface area contributed by atoms with Crippen molar-refractivity contribution in [1.29, 1.82) is 0 Å². The van der Waals surface area contributed by atoms with E-state index >= 15 is 0 Å². The predicted octanol–water partition coefficient (Wildman–Crippen LogP) is 4.52. The molecule has 0 saturated carbocycles. The average Bonchev–Trinajstić information content (AvgIpc) is 2.62. The van der Waals surface area contributed by atoms with Crippen LogP contribution in [-0.4, -0.2) is 18.8 Å². The van der Waals surface area contributed by atoms with Crippen molar-refractivity contribution in [3.8, 4) is 28.6 Å². The van der Waals surface area contributed by atoms with E-state index in [1.54, 1.807) is 6.07 Å². The Hall–Kier alpha value is -3.21. The van der Waals surface area contributed by atoms with E-state index in [0.29, 0.717) is 18.1 Å². The first-order valence-electron chi connectivity index (χ1n) is 8.20. The molecule has 0 amide bonds. The number of phenolic OH excluding ortho intramolecular Hbond substituents is 1. The summed E-state index contributed by atoms with van der Waals surface area (Å²) in [5.41, 5.74) is 1.76. The van der Waals surface area contributed by atoms with E-state index in [4.69, 9.17) is 13.9 Å². The highest BCUT2D eigenvalue weighted by molar-refractivity contribution is 5.89. The van der Waals surface area contributed by atoms with Gasteiger partial charge in [0.05, 0.1) is 7.11 Å². The lowest BCUT2D eigenvalue weighted by molar-refractivity contribution is 0.313. The molecule has 26 heavy (non-hydrogen) atoms. The summed E-state index contributed by atoms with van der Waals surface area (Å²) < 4.78 is 16.8. The highest BCUT2D eigenvalue weighted by Gasteiger charge is 2.19. The number of allylic oxidation sites excluding steroid dienone is 1. The van der Waals surface area contributed by atoms with Gasteiger partial charge < -0.3 is 19.0 Å². The molecule has 1 aromatic heterocycles. The summed E-state index contributed by atoms with van der Waals surface area (Å²) in [5, 5.41) is 10.6. The Kier molecular flexibility index (Phi) is 4.98. The molecule has 0 atom stereocenters. The minimum Gasteiger partial charge on any atom is -0.504 e. The van der Waals surface area contributed by atoms with Gasteiger partial charge in [0.25, 0.3) is 0 Å². The maximum Gasteiger partial charge on any atom is 0.204 e. The van der Waals surface area contributed by atoms with Crippen LogP contribution in [0, 0.1) is 0 Å². The van der Waals surface area contributed by atoms with Crippen molar-refractivity contribution >= 4 is 11.0 Å². The fraction of sp³-hybridized carbons (Fsp3) is 0.190. The molecule has 1 N–H and O–H groups in total. The number of aromatic hydroxyl groups is 1. The van der Waals surface area contributed by atoms with E-state index < -0.39 is 0 Å². The maximum absolute atomic E-state index is 12.6. The Bertz CT molecular complexity index is 1010. The van der Waals surface area contributed by atoms with Gasteiger partial charge in [0.1, 0.15) is 23.3 Å².